The van der Waals surface area contributed by atoms with Gasteiger partial charge in [-0.1, -0.05) is 42.3 Å². The van der Waals surface area contributed by atoms with Crippen molar-refractivity contribution in [2.24, 2.45) is 0 Å². The molecule has 0 aliphatic carbocycles. The van der Waals surface area contributed by atoms with E-state index in [2.05, 4.69) is 24.4 Å². The molecule has 0 fully saturated rings. The van der Waals surface area contributed by atoms with Crippen molar-refractivity contribution in [1.82, 2.24) is 5.32 Å². The van der Waals surface area contributed by atoms with Gasteiger partial charge in [-0.2, -0.15) is 0 Å². The maximum absolute atomic E-state index is 6.04. The van der Waals surface area contributed by atoms with Crippen molar-refractivity contribution in [3.05, 3.63) is 56.2 Å². The van der Waals surface area contributed by atoms with Crippen molar-refractivity contribution in [2.45, 2.75) is 25.8 Å². The second-order valence-corrected chi connectivity index (χ2v) is 6.67. The Morgan fingerprint density at radius 3 is 2.68 bits per heavy atom. The summed E-state index contributed by atoms with van der Waals surface area (Å²) < 4.78 is 0.837. The van der Waals surface area contributed by atoms with Gasteiger partial charge in [-0.05, 0) is 49.2 Å². The van der Waals surface area contributed by atoms with Gasteiger partial charge in [-0.3, -0.25) is 0 Å². The normalized spacial score (nSPS) is 12.6. The van der Waals surface area contributed by atoms with Crippen molar-refractivity contribution in [3.8, 4) is 0 Å². The first-order valence-electron chi connectivity index (χ1n) is 6.42. The summed E-state index contributed by atoms with van der Waals surface area (Å²) in [5.41, 5.74) is 1.24. The number of hydrogen-bond acceptors (Lipinski definition) is 2. The Balaban J connectivity index is 2.13. The SMILES string of the molecule is CCCNC(Cc1cccc(Cl)c1)c1ccc(Cl)s1. The molecule has 0 aliphatic rings. The summed E-state index contributed by atoms with van der Waals surface area (Å²) in [5.74, 6) is 0. The van der Waals surface area contributed by atoms with Crippen LogP contribution in [-0.2, 0) is 6.42 Å². The molecule has 0 aliphatic heterocycles. The fraction of sp³-hybridized carbons (Fsp3) is 0.333. The van der Waals surface area contributed by atoms with Crippen LogP contribution in [0.2, 0.25) is 9.36 Å². The van der Waals surface area contributed by atoms with E-state index in [0.29, 0.717) is 6.04 Å². The van der Waals surface area contributed by atoms with E-state index in [9.17, 15) is 0 Å². The molecule has 1 unspecified atom stereocenters. The highest BCUT2D eigenvalue weighted by Gasteiger charge is 2.14. The van der Waals surface area contributed by atoms with Gasteiger partial charge in [0, 0.05) is 15.9 Å². The summed E-state index contributed by atoms with van der Waals surface area (Å²) in [5, 5.41) is 4.36. The van der Waals surface area contributed by atoms with E-state index in [0.717, 1.165) is 28.7 Å². The Bertz CT molecular complexity index is 524. The Hall–Kier alpha value is -0.540. The van der Waals surface area contributed by atoms with Crippen LogP contribution in [-0.4, -0.2) is 6.54 Å². The predicted octanol–water partition coefficient (Wildman–Crippen LogP) is 5.34. The topological polar surface area (TPSA) is 12.0 Å². The van der Waals surface area contributed by atoms with Crippen LogP contribution in [0.3, 0.4) is 0 Å². The lowest BCUT2D eigenvalue weighted by Crippen LogP contribution is -2.23. The summed E-state index contributed by atoms with van der Waals surface area (Å²) in [4.78, 5) is 1.28. The lowest BCUT2D eigenvalue weighted by atomic mass is 10.0. The highest BCUT2D eigenvalue weighted by Crippen LogP contribution is 2.29. The van der Waals surface area contributed by atoms with Crippen molar-refractivity contribution in [1.29, 1.82) is 0 Å². The minimum atomic E-state index is 0.302. The molecule has 0 spiro atoms. The van der Waals surface area contributed by atoms with E-state index in [1.807, 2.05) is 24.3 Å². The lowest BCUT2D eigenvalue weighted by Gasteiger charge is -2.17. The second-order valence-electron chi connectivity index (χ2n) is 4.48. The highest BCUT2D eigenvalue weighted by atomic mass is 35.5. The number of halogens is 2. The maximum Gasteiger partial charge on any atom is 0.0931 e. The molecule has 102 valence electrons. The first kappa shape index (κ1) is 14.9. The average Bonchev–Trinajstić information content (AvgIpc) is 2.81. The Kier molecular flexibility index (Phi) is 5.71. The molecule has 1 atom stereocenters. The standard InChI is InChI=1S/C15H17Cl2NS/c1-2-8-18-13(14-6-7-15(17)19-14)10-11-4-3-5-12(16)9-11/h3-7,9,13,18H,2,8,10H2,1H3. The number of rotatable bonds is 6. The summed E-state index contributed by atoms with van der Waals surface area (Å²) in [7, 11) is 0. The molecule has 1 nitrogen and oxygen atoms in total. The van der Waals surface area contributed by atoms with Gasteiger partial charge in [-0.25, -0.2) is 0 Å². The lowest BCUT2D eigenvalue weighted by molar-refractivity contribution is 0.536. The molecule has 2 aromatic rings. The fourth-order valence-electron chi connectivity index (χ4n) is 2.01. The fourth-order valence-corrected chi connectivity index (χ4v) is 3.36. The van der Waals surface area contributed by atoms with Crippen molar-refractivity contribution >= 4 is 34.5 Å². The zero-order chi connectivity index (χ0) is 13.7. The van der Waals surface area contributed by atoms with Crippen LogP contribution >= 0.6 is 34.5 Å². The van der Waals surface area contributed by atoms with Gasteiger partial charge in [-0.15, -0.1) is 11.3 Å². The number of benzene rings is 1. The van der Waals surface area contributed by atoms with Gasteiger partial charge in [0.15, 0.2) is 0 Å². The van der Waals surface area contributed by atoms with Gasteiger partial charge < -0.3 is 5.32 Å². The van der Waals surface area contributed by atoms with Crippen molar-refractivity contribution < 1.29 is 0 Å². The minimum absolute atomic E-state index is 0.302. The molecule has 1 heterocycles. The van der Waals surface area contributed by atoms with E-state index >= 15 is 0 Å². The summed E-state index contributed by atoms with van der Waals surface area (Å²) >= 11 is 13.7. The van der Waals surface area contributed by atoms with E-state index < -0.39 is 0 Å². The molecule has 19 heavy (non-hydrogen) atoms. The van der Waals surface area contributed by atoms with Crippen LogP contribution in [0.15, 0.2) is 36.4 Å². The van der Waals surface area contributed by atoms with Crippen LogP contribution in [0, 0.1) is 0 Å². The van der Waals surface area contributed by atoms with Gasteiger partial charge in [0.2, 0.25) is 0 Å². The monoisotopic (exact) mass is 313 g/mol. The molecule has 0 bridgehead atoms. The molecule has 0 radical (unpaired) electrons. The molecular formula is C15H17Cl2NS. The van der Waals surface area contributed by atoms with Gasteiger partial charge >= 0.3 is 0 Å². The predicted molar refractivity (Wildman–Crippen MR) is 85.5 cm³/mol. The minimum Gasteiger partial charge on any atom is -0.309 e. The molecule has 1 N–H and O–H groups in total. The molecule has 1 aromatic heterocycles. The largest absolute Gasteiger partial charge is 0.309 e. The van der Waals surface area contributed by atoms with E-state index in [-0.39, 0.29) is 0 Å². The third-order valence-electron chi connectivity index (χ3n) is 2.91. The Labute approximate surface area is 128 Å². The molecule has 0 saturated carbocycles. The zero-order valence-corrected chi connectivity index (χ0v) is 13.2. The summed E-state index contributed by atoms with van der Waals surface area (Å²) in [6.45, 7) is 3.17. The van der Waals surface area contributed by atoms with Crippen molar-refractivity contribution in [3.63, 3.8) is 0 Å². The first-order chi connectivity index (χ1) is 9.19. The molecule has 4 heteroatoms. The van der Waals surface area contributed by atoms with Gasteiger partial charge in [0.1, 0.15) is 0 Å². The molecule has 2 rings (SSSR count). The van der Waals surface area contributed by atoms with Gasteiger partial charge in [0.25, 0.3) is 0 Å². The highest BCUT2D eigenvalue weighted by molar-refractivity contribution is 7.16. The number of thiophene rings is 1. The van der Waals surface area contributed by atoms with E-state index in [1.54, 1.807) is 11.3 Å². The van der Waals surface area contributed by atoms with Crippen LogP contribution < -0.4 is 5.32 Å². The zero-order valence-electron chi connectivity index (χ0n) is 10.8. The van der Waals surface area contributed by atoms with Crippen LogP contribution in [0.25, 0.3) is 0 Å². The first-order valence-corrected chi connectivity index (χ1v) is 7.99. The van der Waals surface area contributed by atoms with E-state index in [1.165, 1.54) is 10.4 Å². The van der Waals surface area contributed by atoms with Gasteiger partial charge in [0.05, 0.1) is 4.34 Å². The Morgan fingerprint density at radius 1 is 1.21 bits per heavy atom. The number of hydrogen-bond donors (Lipinski definition) is 1. The van der Waals surface area contributed by atoms with Crippen LogP contribution in [0.4, 0.5) is 0 Å². The summed E-state index contributed by atoms with van der Waals surface area (Å²) in [6, 6.07) is 12.4. The third kappa shape index (κ3) is 4.50. The quantitative estimate of drug-likeness (QED) is 0.759. The Morgan fingerprint density at radius 2 is 2.05 bits per heavy atom. The maximum atomic E-state index is 6.04. The molecule has 0 amide bonds. The average molecular weight is 314 g/mol. The smallest absolute Gasteiger partial charge is 0.0931 e. The molecule has 1 aromatic carbocycles. The molecular weight excluding hydrogens is 297 g/mol. The number of nitrogens with one attached hydrogen (secondary N) is 1. The molecule has 0 saturated heterocycles. The third-order valence-corrected chi connectivity index (χ3v) is 4.49. The van der Waals surface area contributed by atoms with Crippen molar-refractivity contribution in [2.75, 3.05) is 6.54 Å². The van der Waals surface area contributed by atoms with Crippen LogP contribution in [0.1, 0.15) is 29.8 Å². The van der Waals surface area contributed by atoms with Crippen LogP contribution in [0.5, 0.6) is 0 Å². The second kappa shape index (κ2) is 7.30. The van der Waals surface area contributed by atoms with E-state index in [4.69, 9.17) is 23.2 Å². The summed E-state index contributed by atoms with van der Waals surface area (Å²) in [6.07, 6.45) is 2.04.